The number of hydrogen-bond donors (Lipinski definition) is 2. The van der Waals surface area contributed by atoms with Crippen LogP contribution in [0.15, 0.2) is 4.99 Å². The molecule has 0 amide bonds. The first kappa shape index (κ1) is 19.1. The van der Waals surface area contributed by atoms with Gasteiger partial charge in [0, 0.05) is 33.4 Å². The van der Waals surface area contributed by atoms with Crippen LogP contribution in [0.3, 0.4) is 0 Å². The lowest BCUT2D eigenvalue weighted by Crippen LogP contribution is -2.46. The summed E-state index contributed by atoms with van der Waals surface area (Å²) in [5.41, 5.74) is 0.395. The molecule has 146 valence electrons. The number of methoxy groups -OCH3 is 1. The first-order chi connectivity index (χ1) is 12.6. The minimum absolute atomic E-state index is 0.395. The highest BCUT2D eigenvalue weighted by Crippen LogP contribution is 2.48. The molecular weight excluding hydrogens is 328 g/mol. The van der Waals surface area contributed by atoms with Crippen LogP contribution >= 0.6 is 0 Å². The molecule has 1 aromatic heterocycles. The quantitative estimate of drug-likeness (QED) is 0.548. The lowest BCUT2D eigenvalue weighted by atomic mass is 9.96. The van der Waals surface area contributed by atoms with Crippen molar-refractivity contribution >= 4 is 5.96 Å². The first-order valence-corrected chi connectivity index (χ1v) is 10.0. The first-order valence-electron chi connectivity index (χ1n) is 10.0. The summed E-state index contributed by atoms with van der Waals surface area (Å²) >= 11 is 0. The topological polar surface area (TPSA) is 76.4 Å². The summed E-state index contributed by atoms with van der Waals surface area (Å²) < 4.78 is 7.28. The Morgan fingerprint density at radius 3 is 2.65 bits per heavy atom. The minimum Gasteiger partial charge on any atom is -0.385 e. The van der Waals surface area contributed by atoms with Crippen molar-refractivity contribution in [2.75, 3.05) is 20.3 Å². The number of guanidine groups is 1. The number of aromatic nitrogens is 3. The van der Waals surface area contributed by atoms with Crippen LogP contribution in [0.5, 0.6) is 0 Å². The van der Waals surface area contributed by atoms with Gasteiger partial charge in [0.05, 0.1) is 0 Å². The Kier molecular flexibility index (Phi) is 6.51. The summed E-state index contributed by atoms with van der Waals surface area (Å²) in [6, 6.07) is 0.533. The number of nitrogens with one attached hydrogen (secondary N) is 2. The van der Waals surface area contributed by atoms with Crippen LogP contribution in [-0.4, -0.2) is 47.0 Å². The van der Waals surface area contributed by atoms with E-state index in [0.717, 1.165) is 37.2 Å². The van der Waals surface area contributed by atoms with Gasteiger partial charge in [-0.15, -0.1) is 10.2 Å². The molecule has 0 atom stereocenters. The molecule has 2 N–H and O–H groups in total. The van der Waals surface area contributed by atoms with Gasteiger partial charge >= 0.3 is 0 Å². The molecule has 26 heavy (non-hydrogen) atoms. The van der Waals surface area contributed by atoms with Crippen molar-refractivity contribution in [3.8, 4) is 0 Å². The number of nitrogens with zero attached hydrogens (tertiary/aromatic N) is 4. The third-order valence-corrected chi connectivity index (χ3v) is 5.93. The average Bonchev–Trinajstić information content (AvgIpc) is 3.37. The van der Waals surface area contributed by atoms with Crippen molar-refractivity contribution in [1.82, 2.24) is 25.4 Å². The van der Waals surface area contributed by atoms with Crippen LogP contribution in [0.2, 0.25) is 0 Å². The van der Waals surface area contributed by atoms with E-state index in [1.54, 1.807) is 7.11 Å². The minimum atomic E-state index is 0.395. The van der Waals surface area contributed by atoms with Crippen LogP contribution in [0, 0.1) is 12.3 Å². The second-order valence-electron chi connectivity index (χ2n) is 7.96. The average molecular weight is 363 g/mol. The van der Waals surface area contributed by atoms with Gasteiger partial charge in [-0.25, -0.2) is 4.99 Å². The van der Waals surface area contributed by atoms with Gasteiger partial charge in [-0.2, -0.15) is 0 Å². The van der Waals surface area contributed by atoms with E-state index in [1.165, 1.54) is 44.9 Å². The van der Waals surface area contributed by atoms with Crippen LogP contribution in [0.4, 0.5) is 0 Å². The molecule has 0 bridgehead atoms. The van der Waals surface area contributed by atoms with Crippen molar-refractivity contribution in [2.24, 2.45) is 17.5 Å². The van der Waals surface area contributed by atoms with Gasteiger partial charge in [-0.1, -0.05) is 19.3 Å². The number of aryl methyl sites for hydroxylation is 1. The van der Waals surface area contributed by atoms with Crippen LogP contribution < -0.4 is 10.6 Å². The van der Waals surface area contributed by atoms with Gasteiger partial charge in [0.25, 0.3) is 0 Å². The highest BCUT2D eigenvalue weighted by Gasteiger charge is 2.42. The fraction of sp³-hybridized carbons (Fsp3) is 0.842. The maximum Gasteiger partial charge on any atom is 0.191 e. The summed E-state index contributed by atoms with van der Waals surface area (Å²) in [5, 5.41) is 15.6. The van der Waals surface area contributed by atoms with Gasteiger partial charge < -0.3 is 19.9 Å². The third kappa shape index (κ3) is 5.19. The molecule has 2 fully saturated rings. The summed E-state index contributed by atoms with van der Waals surface area (Å²) in [6.45, 7) is 4.31. The van der Waals surface area contributed by atoms with Crippen molar-refractivity contribution in [2.45, 2.75) is 70.9 Å². The van der Waals surface area contributed by atoms with Crippen LogP contribution in [0.1, 0.15) is 63.0 Å². The maximum absolute atomic E-state index is 5.28. The molecule has 0 unspecified atom stereocenters. The smallest absolute Gasteiger partial charge is 0.191 e. The second kappa shape index (κ2) is 8.84. The Bertz CT molecular complexity index is 601. The predicted octanol–water partition coefficient (Wildman–Crippen LogP) is 2.31. The molecule has 2 saturated carbocycles. The zero-order valence-electron chi connectivity index (χ0n) is 16.6. The highest BCUT2D eigenvalue weighted by atomic mass is 16.5. The summed E-state index contributed by atoms with van der Waals surface area (Å²) in [4.78, 5) is 4.81. The van der Waals surface area contributed by atoms with E-state index in [1.807, 2.05) is 18.5 Å². The molecule has 1 aromatic rings. The molecule has 0 radical (unpaired) electrons. The summed E-state index contributed by atoms with van der Waals surface area (Å²) in [5.74, 6) is 2.73. The van der Waals surface area contributed by atoms with E-state index >= 15 is 0 Å². The Hall–Kier alpha value is -1.63. The Morgan fingerprint density at radius 2 is 2.04 bits per heavy atom. The normalized spacial score (nSPS) is 20.2. The van der Waals surface area contributed by atoms with E-state index < -0.39 is 0 Å². The highest BCUT2D eigenvalue weighted by molar-refractivity contribution is 5.80. The lowest BCUT2D eigenvalue weighted by molar-refractivity contribution is 0.172. The van der Waals surface area contributed by atoms with E-state index in [4.69, 9.17) is 9.73 Å². The summed E-state index contributed by atoms with van der Waals surface area (Å²) in [7, 11) is 3.77. The molecule has 0 aromatic carbocycles. The number of hydrogen-bond acceptors (Lipinski definition) is 4. The molecule has 7 heteroatoms. The van der Waals surface area contributed by atoms with Gasteiger partial charge in [0.15, 0.2) is 11.8 Å². The van der Waals surface area contributed by atoms with Gasteiger partial charge in [0.1, 0.15) is 12.4 Å². The van der Waals surface area contributed by atoms with Crippen LogP contribution in [-0.2, 0) is 18.3 Å². The zero-order chi connectivity index (χ0) is 18.4. The van der Waals surface area contributed by atoms with Crippen molar-refractivity contribution in [1.29, 1.82) is 0 Å². The number of ether oxygens (including phenoxy) is 1. The molecule has 7 nitrogen and oxygen atoms in total. The predicted molar refractivity (Wildman–Crippen MR) is 103 cm³/mol. The molecule has 0 spiro atoms. The van der Waals surface area contributed by atoms with E-state index in [-0.39, 0.29) is 0 Å². The van der Waals surface area contributed by atoms with Crippen molar-refractivity contribution < 1.29 is 4.74 Å². The standard InChI is InChI=1S/C19H34N6O/c1-15-23-24-17(25(15)2)13-20-18(22-16-7-5-4-6-8-16)21-14-19(9-10-19)11-12-26-3/h16H,4-14H2,1-3H3,(H2,20,21,22). The summed E-state index contributed by atoms with van der Waals surface area (Å²) in [6.07, 6.45) is 10.1. The Balaban J connectivity index is 1.60. The molecule has 3 rings (SSSR count). The van der Waals surface area contributed by atoms with Gasteiger partial charge in [0.2, 0.25) is 0 Å². The monoisotopic (exact) mass is 362 g/mol. The third-order valence-electron chi connectivity index (χ3n) is 5.93. The van der Waals surface area contributed by atoms with Gasteiger partial charge in [-0.05, 0) is 44.4 Å². The van der Waals surface area contributed by atoms with Crippen LogP contribution in [0.25, 0.3) is 0 Å². The molecule has 2 aliphatic carbocycles. The second-order valence-corrected chi connectivity index (χ2v) is 7.96. The largest absolute Gasteiger partial charge is 0.385 e. The van der Waals surface area contributed by atoms with Gasteiger partial charge in [-0.3, -0.25) is 0 Å². The van der Waals surface area contributed by atoms with E-state index in [2.05, 4.69) is 20.8 Å². The molecule has 0 aliphatic heterocycles. The van der Waals surface area contributed by atoms with Crippen molar-refractivity contribution in [3.05, 3.63) is 11.6 Å². The SMILES string of the molecule is COCCC1(CNC(=NCc2nnc(C)n2C)NC2CCCCC2)CC1. The molecular formula is C19H34N6O. The molecule has 2 aliphatic rings. The lowest BCUT2D eigenvalue weighted by Gasteiger charge is -2.26. The zero-order valence-corrected chi connectivity index (χ0v) is 16.6. The Labute approximate surface area is 157 Å². The fourth-order valence-corrected chi connectivity index (χ4v) is 3.61. The van der Waals surface area contributed by atoms with E-state index in [9.17, 15) is 0 Å². The number of aliphatic imine (C=N–C) groups is 1. The maximum atomic E-state index is 5.28. The number of rotatable bonds is 8. The Morgan fingerprint density at radius 1 is 1.27 bits per heavy atom. The molecule has 0 saturated heterocycles. The van der Waals surface area contributed by atoms with E-state index in [0.29, 0.717) is 18.0 Å². The van der Waals surface area contributed by atoms with Crippen molar-refractivity contribution in [3.63, 3.8) is 0 Å². The molecule has 1 heterocycles. The fourth-order valence-electron chi connectivity index (χ4n) is 3.61.